The van der Waals surface area contributed by atoms with Gasteiger partial charge in [0.1, 0.15) is 10.8 Å². The summed E-state index contributed by atoms with van der Waals surface area (Å²) in [6, 6.07) is 23.8. The molecule has 4 rings (SSSR count). The summed E-state index contributed by atoms with van der Waals surface area (Å²) >= 11 is 1.57. The molecule has 0 fully saturated rings. The van der Waals surface area contributed by atoms with Gasteiger partial charge in [0.25, 0.3) is 0 Å². The zero-order chi connectivity index (χ0) is 16.2. The lowest BCUT2D eigenvalue weighted by Gasteiger charge is -2.00. The summed E-state index contributed by atoms with van der Waals surface area (Å²) < 4.78 is 7.32. The molecule has 0 radical (unpaired) electrons. The molecule has 0 unspecified atom stereocenters. The second-order valence-electron chi connectivity index (χ2n) is 5.23. The number of para-hydroxylation sites is 2. The van der Waals surface area contributed by atoms with Crippen LogP contribution in [0.2, 0.25) is 0 Å². The van der Waals surface area contributed by atoms with Gasteiger partial charge in [-0.1, -0.05) is 47.7 Å². The van der Waals surface area contributed by atoms with Crippen LogP contribution in [-0.4, -0.2) is 9.78 Å². The van der Waals surface area contributed by atoms with Gasteiger partial charge in [-0.15, -0.1) is 0 Å². The van der Waals surface area contributed by atoms with E-state index in [-0.39, 0.29) is 0 Å². The molecule has 0 aliphatic rings. The molecule has 118 valence electrons. The van der Waals surface area contributed by atoms with Crippen LogP contribution in [0.5, 0.6) is 0 Å². The lowest BCUT2D eigenvalue weighted by Crippen LogP contribution is -2.13. The Labute approximate surface area is 143 Å². The maximum atomic E-state index is 5.44. The van der Waals surface area contributed by atoms with Crippen LogP contribution in [0.15, 0.2) is 88.5 Å². The molecule has 2 aromatic heterocycles. The van der Waals surface area contributed by atoms with Crippen LogP contribution in [-0.2, 0) is 6.42 Å². The zero-order valence-corrected chi connectivity index (χ0v) is 13.7. The quantitative estimate of drug-likeness (QED) is 0.557. The first-order valence-electron chi connectivity index (χ1n) is 7.65. The van der Waals surface area contributed by atoms with Crippen molar-refractivity contribution in [3.8, 4) is 5.69 Å². The van der Waals surface area contributed by atoms with Gasteiger partial charge in [0, 0.05) is 0 Å². The Morgan fingerprint density at radius 3 is 2.38 bits per heavy atom. The first-order chi connectivity index (χ1) is 11.9. The van der Waals surface area contributed by atoms with Crippen LogP contribution in [0.4, 0.5) is 5.69 Å². The van der Waals surface area contributed by atoms with Crippen LogP contribution in [0.1, 0.15) is 10.8 Å². The molecule has 0 bridgehead atoms. The topological polar surface area (TPSA) is 43.3 Å². The van der Waals surface area contributed by atoms with Gasteiger partial charge in [0.05, 0.1) is 24.1 Å². The normalized spacial score (nSPS) is 11.8. The first kappa shape index (κ1) is 14.7. The van der Waals surface area contributed by atoms with Crippen molar-refractivity contribution in [3.05, 3.63) is 94.6 Å². The fourth-order valence-corrected chi connectivity index (χ4v) is 3.31. The highest BCUT2D eigenvalue weighted by atomic mass is 32.1. The minimum absolute atomic E-state index is 0.662. The minimum atomic E-state index is 0.662. The third-order valence-electron chi connectivity index (χ3n) is 3.49. The predicted octanol–water partition coefficient (Wildman–Crippen LogP) is 4.35. The van der Waals surface area contributed by atoms with Crippen molar-refractivity contribution in [2.45, 2.75) is 6.42 Å². The van der Waals surface area contributed by atoms with Gasteiger partial charge in [0.15, 0.2) is 0 Å². The molecule has 24 heavy (non-hydrogen) atoms. The highest BCUT2D eigenvalue weighted by molar-refractivity contribution is 7.08. The summed E-state index contributed by atoms with van der Waals surface area (Å²) in [5.74, 6) is 0.898. The molecule has 0 aliphatic heterocycles. The number of nitrogens with zero attached hydrogens (tertiary/aromatic N) is 3. The van der Waals surface area contributed by atoms with Crippen molar-refractivity contribution in [2.75, 3.05) is 0 Å². The SMILES string of the molecule is c1ccc(N=c2sc(Cc3ccco3)nn2-c2ccccc2)cc1. The van der Waals surface area contributed by atoms with E-state index in [2.05, 4.69) is 0 Å². The summed E-state index contributed by atoms with van der Waals surface area (Å²) in [5.41, 5.74) is 1.91. The van der Waals surface area contributed by atoms with E-state index in [9.17, 15) is 0 Å². The summed E-state index contributed by atoms with van der Waals surface area (Å²) in [6.07, 6.45) is 2.35. The number of aromatic nitrogens is 2. The molecule has 2 heterocycles. The summed E-state index contributed by atoms with van der Waals surface area (Å²) in [5, 5.41) is 5.69. The highest BCUT2D eigenvalue weighted by Gasteiger charge is 2.09. The summed E-state index contributed by atoms with van der Waals surface area (Å²) in [4.78, 5) is 5.60. The average Bonchev–Trinajstić information content (AvgIpc) is 3.27. The van der Waals surface area contributed by atoms with E-state index < -0.39 is 0 Å². The van der Waals surface area contributed by atoms with E-state index in [0.717, 1.165) is 26.9 Å². The zero-order valence-electron chi connectivity index (χ0n) is 12.9. The Kier molecular flexibility index (Phi) is 4.08. The van der Waals surface area contributed by atoms with E-state index in [1.807, 2.05) is 77.5 Å². The first-order valence-corrected chi connectivity index (χ1v) is 8.47. The number of furan rings is 1. The number of hydrogen-bond donors (Lipinski definition) is 0. The number of hydrogen-bond acceptors (Lipinski definition) is 4. The van der Waals surface area contributed by atoms with Crippen molar-refractivity contribution in [2.24, 2.45) is 4.99 Å². The Morgan fingerprint density at radius 1 is 0.917 bits per heavy atom. The van der Waals surface area contributed by atoms with Crippen molar-refractivity contribution < 1.29 is 4.42 Å². The fraction of sp³-hybridized carbons (Fsp3) is 0.0526. The van der Waals surface area contributed by atoms with Gasteiger partial charge < -0.3 is 4.42 Å². The van der Waals surface area contributed by atoms with E-state index in [1.165, 1.54) is 0 Å². The van der Waals surface area contributed by atoms with Gasteiger partial charge >= 0.3 is 0 Å². The van der Waals surface area contributed by atoms with Crippen molar-refractivity contribution in [3.63, 3.8) is 0 Å². The van der Waals surface area contributed by atoms with Gasteiger partial charge in [-0.2, -0.15) is 5.10 Å². The third-order valence-corrected chi connectivity index (χ3v) is 4.40. The minimum Gasteiger partial charge on any atom is -0.469 e. The molecule has 0 saturated heterocycles. The van der Waals surface area contributed by atoms with Crippen LogP contribution < -0.4 is 4.80 Å². The largest absolute Gasteiger partial charge is 0.469 e. The lowest BCUT2D eigenvalue weighted by atomic mass is 10.3. The average molecular weight is 333 g/mol. The van der Waals surface area contributed by atoms with E-state index >= 15 is 0 Å². The number of benzene rings is 2. The molecule has 0 aliphatic carbocycles. The van der Waals surface area contributed by atoms with Crippen LogP contribution >= 0.6 is 11.3 Å². The smallest absolute Gasteiger partial charge is 0.213 e. The number of rotatable bonds is 4. The van der Waals surface area contributed by atoms with Gasteiger partial charge in [0.2, 0.25) is 4.80 Å². The standard InChI is InChI=1S/C19H15N3OS/c1-3-8-15(9-4-1)20-19-22(16-10-5-2-6-11-16)21-18(24-19)14-17-12-7-13-23-17/h1-13H,14H2. The van der Waals surface area contributed by atoms with Gasteiger partial charge in [-0.3, -0.25) is 0 Å². The molecular formula is C19H15N3OS. The maximum Gasteiger partial charge on any atom is 0.213 e. The van der Waals surface area contributed by atoms with Gasteiger partial charge in [-0.05, 0) is 36.4 Å². The van der Waals surface area contributed by atoms with Crippen molar-refractivity contribution in [1.29, 1.82) is 0 Å². The Bertz CT molecular complexity index is 970. The molecule has 0 N–H and O–H groups in total. The summed E-state index contributed by atoms with van der Waals surface area (Å²) in [7, 11) is 0. The summed E-state index contributed by atoms with van der Waals surface area (Å²) in [6.45, 7) is 0. The van der Waals surface area contributed by atoms with E-state index in [0.29, 0.717) is 6.42 Å². The molecule has 0 spiro atoms. The predicted molar refractivity (Wildman–Crippen MR) is 94.6 cm³/mol. The second kappa shape index (κ2) is 6.68. The fourth-order valence-electron chi connectivity index (χ4n) is 2.38. The third kappa shape index (κ3) is 3.21. The van der Waals surface area contributed by atoms with E-state index in [4.69, 9.17) is 14.5 Å². The Morgan fingerprint density at radius 2 is 1.67 bits per heavy atom. The molecular weight excluding hydrogens is 318 g/mol. The Balaban J connectivity index is 1.81. The highest BCUT2D eigenvalue weighted by Crippen LogP contribution is 2.14. The van der Waals surface area contributed by atoms with Crippen LogP contribution in [0, 0.1) is 0 Å². The monoisotopic (exact) mass is 333 g/mol. The van der Waals surface area contributed by atoms with Crippen LogP contribution in [0.3, 0.4) is 0 Å². The Hall–Kier alpha value is -2.92. The van der Waals surface area contributed by atoms with Gasteiger partial charge in [-0.25, -0.2) is 9.67 Å². The van der Waals surface area contributed by atoms with E-state index in [1.54, 1.807) is 17.6 Å². The molecule has 4 aromatic rings. The molecule has 2 aromatic carbocycles. The van der Waals surface area contributed by atoms with Crippen molar-refractivity contribution in [1.82, 2.24) is 9.78 Å². The lowest BCUT2D eigenvalue weighted by molar-refractivity contribution is 0.519. The molecule has 0 amide bonds. The molecule has 0 atom stereocenters. The maximum absolute atomic E-state index is 5.44. The van der Waals surface area contributed by atoms with Crippen molar-refractivity contribution >= 4 is 17.0 Å². The molecule has 4 nitrogen and oxygen atoms in total. The molecule has 5 heteroatoms. The molecule has 0 saturated carbocycles. The second-order valence-corrected chi connectivity index (χ2v) is 6.27. The van der Waals surface area contributed by atoms with Crippen LogP contribution in [0.25, 0.3) is 5.69 Å².